The van der Waals surface area contributed by atoms with Gasteiger partial charge in [-0.3, -0.25) is 9.48 Å². The molecule has 1 aromatic heterocycles. The summed E-state index contributed by atoms with van der Waals surface area (Å²) in [6.07, 6.45) is 3.22. The maximum absolute atomic E-state index is 12.7. The highest BCUT2D eigenvalue weighted by molar-refractivity contribution is 5.79. The van der Waals surface area contributed by atoms with Gasteiger partial charge in [0.1, 0.15) is 5.69 Å². The van der Waals surface area contributed by atoms with Gasteiger partial charge in [0.2, 0.25) is 5.91 Å². The van der Waals surface area contributed by atoms with Crippen molar-refractivity contribution in [1.82, 2.24) is 19.9 Å². The fourth-order valence-corrected chi connectivity index (χ4v) is 3.72. The number of carbonyl (C=O) groups is 1. The number of ether oxygens (including phenoxy) is 1. The van der Waals surface area contributed by atoms with Crippen LogP contribution in [0.1, 0.15) is 42.1 Å². The van der Waals surface area contributed by atoms with E-state index < -0.39 is 0 Å². The standard InChI is InChI=1S/C19H24N4O2/c1-22-18-16(13-25-12-14-6-3-2-4-7-14)10-23(11-17(18)20-21-22)19(24)15-8-5-9-15/h2-4,6-7,15-16H,5,8-13H2,1H3/t16-/m0/s1. The molecule has 0 unspecified atom stereocenters. The molecule has 4 rings (SSSR count). The van der Waals surface area contributed by atoms with Gasteiger partial charge in [0.15, 0.2) is 0 Å². The lowest BCUT2D eigenvalue weighted by Crippen LogP contribution is -2.44. The van der Waals surface area contributed by atoms with Crippen LogP contribution < -0.4 is 0 Å². The molecule has 1 amide bonds. The lowest BCUT2D eigenvalue weighted by Gasteiger charge is -2.36. The highest BCUT2D eigenvalue weighted by Gasteiger charge is 2.36. The van der Waals surface area contributed by atoms with Crippen LogP contribution in [0.3, 0.4) is 0 Å². The summed E-state index contributed by atoms with van der Waals surface area (Å²) in [6, 6.07) is 10.2. The molecule has 0 N–H and O–H groups in total. The number of hydrogen-bond acceptors (Lipinski definition) is 4. The van der Waals surface area contributed by atoms with Gasteiger partial charge in [0.05, 0.1) is 25.5 Å². The van der Waals surface area contributed by atoms with Gasteiger partial charge in [-0.2, -0.15) is 0 Å². The topological polar surface area (TPSA) is 60.2 Å². The van der Waals surface area contributed by atoms with E-state index in [1.807, 2.05) is 34.8 Å². The van der Waals surface area contributed by atoms with Crippen LogP contribution in [-0.4, -0.2) is 39.0 Å². The molecule has 1 aliphatic carbocycles. The van der Waals surface area contributed by atoms with E-state index in [1.54, 1.807) is 0 Å². The third-order valence-electron chi connectivity index (χ3n) is 5.31. The summed E-state index contributed by atoms with van der Waals surface area (Å²) in [7, 11) is 1.92. The molecule has 1 fully saturated rings. The Bertz CT molecular complexity index is 739. The Morgan fingerprint density at radius 3 is 2.80 bits per heavy atom. The second kappa shape index (κ2) is 6.96. The minimum Gasteiger partial charge on any atom is -0.376 e. The van der Waals surface area contributed by atoms with Crippen LogP contribution in [-0.2, 0) is 29.7 Å². The molecular formula is C19H24N4O2. The average molecular weight is 340 g/mol. The molecule has 1 saturated carbocycles. The third kappa shape index (κ3) is 3.31. The monoisotopic (exact) mass is 340 g/mol. The molecule has 1 aromatic carbocycles. The molecule has 1 aliphatic heterocycles. The van der Waals surface area contributed by atoms with E-state index in [0.717, 1.165) is 29.8 Å². The summed E-state index contributed by atoms with van der Waals surface area (Å²) in [5.74, 6) is 0.608. The zero-order valence-corrected chi connectivity index (χ0v) is 14.6. The van der Waals surface area contributed by atoms with Gasteiger partial charge in [0, 0.05) is 25.4 Å². The minimum absolute atomic E-state index is 0.122. The first-order chi connectivity index (χ1) is 12.2. The van der Waals surface area contributed by atoms with Crippen molar-refractivity contribution in [3.8, 4) is 0 Å². The van der Waals surface area contributed by atoms with Gasteiger partial charge in [-0.05, 0) is 18.4 Å². The second-order valence-electron chi connectivity index (χ2n) is 7.09. The van der Waals surface area contributed by atoms with Crippen LogP contribution in [0, 0.1) is 5.92 Å². The van der Waals surface area contributed by atoms with Crippen molar-refractivity contribution in [3.63, 3.8) is 0 Å². The fraction of sp³-hybridized carbons (Fsp3) is 0.526. The number of fused-ring (bicyclic) bond motifs is 1. The Morgan fingerprint density at radius 2 is 2.08 bits per heavy atom. The summed E-state index contributed by atoms with van der Waals surface area (Å²) in [6.45, 7) is 2.41. The molecular weight excluding hydrogens is 316 g/mol. The SMILES string of the molecule is Cn1nnc2c1[C@H](COCc1ccccc1)CN(C(=O)C1CCC1)C2. The molecule has 2 heterocycles. The Hall–Kier alpha value is -2.21. The van der Waals surface area contributed by atoms with Gasteiger partial charge >= 0.3 is 0 Å². The lowest BCUT2D eigenvalue weighted by molar-refractivity contribution is -0.139. The summed E-state index contributed by atoms with van der Waals surface area (Å²) in [4.78, 5) is 14.6. The van der Waals surface area contributed by atoms with E-state index in [0.29, 0.717) is 26.3 Å². The number of amides is 1. The van der Waals surface area contributed by atoms with Gasteiger partial charge in [-0.1, -0.05) is 42.0 Å². The summed E-state index contributed by atoms with van der Waals surface area (Å²) in [5, 5.41) is 8.43. The maximum atomic E-state index is 12.7. The molecule has 25 heavy (non-hydrogen) atoms. The van der Waals surface area contributed by atoms with Crippen molar-refractivity contribution in [3.05, 3.63) is 47.3 Å². The van der Waals surface area contributed by atoms with Crippen LogP contribution in [0.4, 0.5) is 0 Å². The molecule has 1 atom stereocenters. The molecule has 132 valence electrons. The van der Waals surface area contributed by atoms with Crippen molar-refractivity contribution >= 4 is 5.91 Å². The molecule has 0 radical (unpaired) electrons. The van der Waals surface area contributed by atoms with Gasteiger partial charge in [-0.15, -0.1) is 5.10 Å². The fourth-order valence-electron chi connectivity index (χ4n) is 3.72. The normalized spacial score (nSPS) is 20.2. The van der Waals surface area contributed by atoms with Crippen LogP contribution in [0.15, 0.2) is 30.3 Å². The second-order valence-corrected chi connectivity index (χ2v) is 7.09. The smallest absolute Gasteiger partial charge is 0.226 e. The Kier molecular flexibility index (Phi) is 4.53. The number of benzene rings is 1. The van der Waals surface area contributed by atoms with E-state index >= 15 is 0 Å². The van der Waals surface area contributed by atoms with E-state index in [1.165, 1.54) is 6.42 Å². The molecule has 0 bridgehead atoms. The number of nitrogens with zero attached hydrogens (tertiary/aromatic N) is 4. The number of rotatable bonds is 5. The minimum atomic E-state index is 0.122. The molecule has 6 heteroatoms. The van der Waals surface area contributed by atoms with Crippen molar-refractivity contribution in [1.29, 1.82) is 0 Å². The highest BCUT2D eigenvalue weighted by Crippen LogP contribution is 2.33. The molecule has 6 nitrogen and oxygen atoms in total. The number of aromatic nitrogens is 3. The van der Waals surface area contributed by atoms with Gasteiger partial charge in [-0.25, -0.2) is 0 Å². The molecule has 0 saturated heterocycles. The van der Waals surface area contributed by atoms with E-state index in [9.17, 15) is 4.79 Å². The van der Waals surface area contributed by atoms with Crippen LogP contribution >= 0.6 is 0 Å². The van der Waals surface area contributed by atoms with E-state index in [-0.39, 0.29) is 17.7 Å². The predicted octanol–water partition coefficient (Wildman–Crippen LogP) is 2.26. The Morgan fingerprint density at radius 1 is 1.28 bits per heavy atom. The maximum Gasteiger partial charge on any atom is 0.226 e. The average Bonchev–Trinajstić information content (AvgIpc) is 2.95. The first-order valence-electron chi connectivity index (χ1n) is 9.01. The molecule has 2 aromatic rings. The van der Waals surface area contributed by atoms with Crippen molar-refractivity contribution in [2.24, 2.45) is 13.0 Å². The van der Waals surface area contributed by atoms with Crippen molar-refractivity contribution in [2.45, 2.75) is 38.3 Å². The summed E-state index contributed by atoms with van der Waals surface area (Å²) < 4.78 is 7.79. The van der Waals surface area contributed by atoms with E-state index in [4.69, 9.17) is 4.74 Å². The first-order valence-corrected chi connectivity index (χ1v) is 9.01. The van der Waals surface area contributed by atoms with Gasteiger partial charge in [0.25, 0.3) is 0 Å². The van der Waals surface area contributed by atoms with Gasteiger partial charge < -0.3 is 9.64 Å². The zero-order valence-electron chi connectivity index (χ0n) is 14.6. The Labute approximate surface area is 147 Å². The largest absolute Gasteiger partial charge is 0.376 e. The van der Waals surface area contributed by atoms with Crippen molar-refractivity contribution in [2.75, 3.05) is 13.2 Å². The Balaban J connectivity index is 1.45. The lowest BCUT2D eigenvalue weighted by atomic mass is 9.83. The van der Waals surface area contributed by atoms with Crippen LogP contribution in [0.25, 0.3) is 0 Å². The number of carbonyl (C=O) groups excluding carboxylic acids is 1. The number of hydrogen-bond donors (Lipinski definition) is 0. The molecule has 0 spiro atoms. The summed E-state index contributed by atoms with van der Waals surface area (Å²) in [5.41, 5.74) is 3.17. The van der Waals surface area contributed by atoms with E-state index in [2.05, 4.69) is 22.4 Å². The molecule has 2 aliphatic rings. The van der Waals surface area contributed by atoms with Crippen molar-refractivity contribution < 1.29 is 9.53 Å². The van der Waals surface area contributed by atoms with Crippen LogP contribution in [0.2, 0.25) is 0 Å². The highest BCUT2D eigenvalue weighted by atomic mass is 16.5. The quantitative estimate of drug-likeness (QED) is 0.838. The number of aryl methyl sites for hydroxylation is 1. The first kappa shape index (κ1) is 16.3. The third-order valence-corrected chi connectivity index (χ3v) is 5.31. The van der Waals surface area contributed by atoms with Crippen LogP contribution in [0.5, 0.6) is 0 Å². The predicted molar refractivity (Wildman–Crippen MR) is 92.6 cm³/mol. The zero-order chi connectivity index (χ0) is 17.2. The summed E-state index contributed by atoms with van der Waals surface area (Å²) >= 11 is 0.